The molecule has 4 nitrogen and oxygen atoms in total. The molecule has 3 N–H and O–H groups in total. The Balaban J connectivity index is 1.99. The van der Waals surface area contributed by atoms with Crippen molar-refractivity contribution in [2.24, 2.45) is 5.73 Å². The van der Waals surface area contributed by atoms with Crippen LogP contribution in [0.15, 0.2) is 53.3 Å². The molecule has 146 valence electrons. The highest BCUT2D eigenvalue weighted by molar-refractivity contribution is 5.97. The fourth-order valence-corrected chi connectivity index (χ4v) is 2.86. The van der Waals surface area contributed by atoms with Crippen LogP contribution in [0.4, 0.5) is 4.39 Å². The van der Waals surface area contributed by atoms with Crippen LogP contribution in [-0.4, -0.2) is 12.5 Å². The molecule has 0 saturated carbocycles. The maximum atomic E-state index is 14.6. The molecule has 0 aromatic heterocycles. The minimum atomic E-state index is -0.428. The normalized spacial score (nSPS) is 14.0. The number of rotatable bonds is 9. The number of carbonyl (C=O) groups is 1. The van der Waals surface area contributed by atoms with Gasteiger partial charge in [-0.25, -0.2) is 4.39 Å². The maximum Gasteiger partial charge on any atom is 0.253 e. The number of carbonyl (C=O) groups excluding carboxylic acids is 1. The van der Waals surface area contributed by atoms with Gasteiger partial charge in [0.05, 0.1) is 12.2 Å². The third-order valence-corrected chi connectivity index (χ3v) is 4.55. The molecule has 1 aliphatic rings. The monoisotopic (exact) mass is 372 g/mol. The molecule has 0 bridgehead atoms. The highest BCUT2D eigenvalue weighted by atomic mass is 19.1. The fraction of sp³-hybridized carbons (Fsp3) is 0.409. The van der Waals surface area contributed by atoms with E-state index in [1.807, 2.05) is 12.2 Å². The van der Waals surface area contributed by atoms with Crippen LogP contribution >= 0.6 is 0 Å². The number of hydrogen-bond acceptors (Lipinski definition) is 3. The molecule has 0 atom stereocenters. The van der Waals surface area contributed by atoms with Crippen molar-refractivity contribution in [2.75, 3.05) is 6.61 Å². The molecule has 0 unspecified atom stereocenters. The number of ether oxygens (including phenoxy) is 1. The Bertz CT molecular complexity index is 751. The number of hydrogen-bond donors (Lipinski definition) is 2. The molecule has 0 spiro atoms. The second kappa shape index (κ2) is 10.6. The van der Waals surface area contributed by atoms with Crippen LogP contribution < -0.4 is 15.8 Å². The molecular formula is C22H29FN2O2. The van der Waals surface area contributed by atoms with Gasteiger partial charge in [0, 0.05) is 24.2 Å². The Morgan fingerprint density at radius 2 is 2.11 bits per heavy atom. The molecule has 2 rings (SSSR count). The quantitative estimate of drug-likeness (QED) is 0.627. The largest absolute Gasteiger partial charge is 0.491 e. The van der Waals surface area contributed by atoms with E-state index in [4.69, 9.17) is 10.5 Å². The van der Waals surface area contributed by atoms with Crippen molar-refractivity contribution in [1.29, 1.82) is 0 Å². The van der Waals surface area contributed by atoms with Gasteiger partial charge in [0.1, 0.15) is 0 Å². The summed E-state index contributed by atoms with van der Waals surface area (Å²) in [5, 5.41) is 2.76. The van der Waals surface area contributed by atoms with Crippen LogP contribution in [0, 0.1) is 5.82 Å². The third-order valence-electron chi connectivity index (χ3n) is 4.55. The number of allylic oxidation sites excluding steroid dienone is 3. The van der Waals surface area contributed by atoms with Gasteiger partial charge >= 0.3 is 0 Å². The average molecular weight is 372 g/mol. The first-order chi connectivity index (χ1) is 13.1. The van der Waals surface area contributed by atoms with Gasteiger partial charge in [-0.2, -0.15) is 0 Å². The van der Waals surface area contributed by atoms with Gasteiger partial charge in [-0.3, -0.25) is 4.79 Å². The van der Waals surface area contributed by atoms with Crippen LogP contribution in [0.5, 0.6) is 5.75 Å². The number of nitrogens with one attached hydrogen (secondary N) is 1. The van der Waals surface area contributed by atoms with E-state index in [0.29, 0.717) is 29.9 Å². The average Bonchev–Trinajstić information content (AvgIpc) is 2.86. The van der Waals surface area contributed by atoms with Crippen LogP contribution in [0.3, 0.4) is 0 Å². The molecule has 1 aromatic carbocycles. The Labute approximate surface area is 161 Å². The lowest BCUT2D eigenvalue weighted by Crippen LogP contribution is -2.26. The SMILES string of the molecule is CCCCCOc1cccc(CNC(=O)C2=C(N)CC(CC)=CC=C2)c1F. The number of benzene rings is 1. The molecule has 0 aliphatic heterocycles. The topological polar surface area (TPSA) is 64.3 Å². The van der Waals surface area contributed by atoms with Crippen molar-refractivity contribution in [1.82, 2.24) is 5.32 Å². The van der Waals surface area contributed by atoms with Gasteiger partial charge in [-0.05, 0) is 25.0 Å². The molecule has 0 radical (unpaired) electrons. The first kappa shape index (κ1) is 20.7. The first-order valence-corrected chi connectivity index (χ1v) is 9.59. The van der Waals surface area contributed by atoms with Crippen molar-refractivity contribution in [3.8, 4) is 5.75 Å². The lowest BCUT2D eigenvalue weighted by molar-refractivity contribution is -0.117. The van der Waals surface area contributed by atoms with E-state index >= 15 is 0 Å². The van der Waals surface area contributed by atoms with E-state index < -0.39 is 5.82 Å². The van der Waals surface area contributed by atoms with Crippen molar-refractivity contribution in [3.63, 3.8) is 0 Å². The van der Waals surface area contributed by atoms with Crippen LogP contribution in [0.2, 0.25) is 0 Å². The summed E-state index contributed by atoms with van der Waals surface area (Å²) in [6.45, 7) is 4.73. The Morgan fingerprint density at radius 3 is 2.85 bits per heavy atom. The van der Waals surface area contributed by atoms with E-state index in [2.05, 4.69) is 19.2 Å². The summed E-state index contributed by atoms with van der Waals surface area (Å²) in [6.07, 6.45) is 10.0. The zero-order valence-corrected chi connectivity index (χ0v) is 16.2. The summed E-state index contributed by atoms with van der Waals surface area (Å²) in [5.41, 5.74) is 8.60. The maximum absolute atomic E-state index is 14.6. The number of nitrogens with two attached hydrogens (primary N) is 1. The zero-order chi connectivity index (χ0) is 19.6. The number of halogens is 1. The second-order valence-electron chi connectivity index (χ2n) is 6.62. The summed E-state index contributed by atoms with van der Waals surface area (Å²) < 4.78 is 20.1. The van der Waals surface area contributed by atoms with Gasteiger partial charge < -0.3 is 15.8 Å². The molecular weight excluding hydrogens is 343 g/mol. The van der Waals surface area contributed by atoms with Gasteiger partial charge in [0.2, 0.25) is 0 Å². The molecule has 0 saturated heterocycles. The van der Waals surface area contributed by atoms with E-state index in [1.165, 1.54) is 5.57 Å². The fourth-order valence-electron chi connectivity index (χ4n) is 2.86. The standard InChI is InChI=1S/C22H29FN2O2/c1-3-5-6-13-27-20-12-8-10-17(21(20)23)15-25-22(26)18-11-7-9-16(4-2)14-19(18)24/h7-12H,3-6,13-15,24H2,1-2H3,(H,25,26). The molecule has 0 heterocycles. The molecule has 1 amide bonds. The summed E-state index contributed by atoms with van der Waals surface area (Å²) in [7, 11) is 0. The van der Waals surface area contributed by atoms with Gasteiger partial charge in [-0.1, -0.05) is 56.5 Å². The molecule has 1 aliphatic carbocycles. The molecule has 27 heavy (non-hydrogen) atoms. The first-order valence-electron chi connectivity index (χ1n) is 9.59. The van der Waals surface area contributed by atoms with Crippen LogP contribution in [0.1, 0.15) is 51.5 Å². The van der Waals surface area contributed by atoms with Crippen molar-refractivity contribution < 1.29 is 13.9 Å². The Hall–Kier alpha value is -2.56. The van der Waals surface area contributed by atoms with Crippen LogP contribution in [0.25, 0.3) is 0 Å². The summed E-state index contributed by atoms with van der Waals surface area (Å²) in [5.74, 6) is -0.506. The minimum absolute atomic E-state index is 0.0789. The predicted octanol–water partition coefficient (Wildman–Crippen LogP) is 4.52. The minimum Gasteiger partial charge on any atom is -0.491 e. The lowest BCUT2D eigenvalue weighted by Gasteiger charge is -2.12. The highest BCUT2D eigenvalue weighted by Crippen LogP contribution is 2.22. The Morgan fingerprint density at radius 1 is 1.30 bits per heavy atom. The third kappa shape index (κ3) is 5.98. The van der Waals surface area contributed by atoms with Gasteiger partial charge in [0.15, 0.2) is 11.6 Å². The smallest absolute Gasteiger partial charge is 0.253 e. The summed E-state index contributed by atoms with van der Waals surface area (Å²) >= 11 is 0. The number of amides is 1. The molecule has 5 heteroatoms. The van der Waals surface area contributed by atoms with Crippen molar-refractivity contribution >= 4 is 5.91 Å². The summed E-state index contributed by atoms with van der Waals surface area (Å²) in [4.78, 5) is 12.5. The Kier molecular flexibility index (Phi) is 8.11. The molecule has 0 fully saturated rings. The molecule has 1 aromatic rings. The van der Waals surface area contributed by atoms with Crippen LogP contribution in [-0.2, 0) is 11.3 Å². The highest BCUT2D eigenvalue weighted by Gasteiger charge is 2.15. The predicted molar refractivity (Wildman–Crippen MR) is 107 cm³/mol. The van der Waals surface area contributed by atoms with Gasteiger partial charge in [0.25, 0.3) is 5.91 Å². The summed E-state index contributed by atoms with van der Waals surface area (Å²) in [6, 6.07) is 4.99. The zero-order valence-electron chi connectivity index (χ0n) is 16.2. The van der Waals surface area contributed by atoms with E-state index in [1.54, 1.807) is 24.3 Å². The van der Waals surface area contributed by atoms with E-state index in [0.717, 1.165) is 25.7 Å². The second-order valence-corrected chi connectivity index (χ2v) is 6.62. The van der Waals surface area contributed by atoms with Crippen molar-refractivity contribution in [2.45, 2.75) is 52.5 Å². The van der Waals surface area contributed by atoms with E-state index in [9.17, 15) is 9.18 Å². The number of unbranched alkanes of at least 4 members (excludes halogenated alkanes) is 2. The lowest BCUT2D eigenvalue weighted by atomic mass is 10.1. The van der Waals surface area contributed by atoms with E-state index in [-0.39, 0.29) is 18.2 Å². The van der Waals surface area contributed by atoms with Crippen molar-refractivity contribution in [3.05, 3.63) is 64.7 Å². The van der Waals surface area contributed by atoms with Gasteiger partial charge in [-0.15, -0.1) is 0 Å².